The van der Waals surface area contributed by atoms with Crippen molar-refractivity contribution in [2.45, 2.75) is 6.42 Å². The molecular formula is C12H10N4O2S. The summed E-state index contributed by atoms with van der Waals surface area (Å²) in [4.78, 5) is 16.1. The maximum Gasteiger partial charge on any atom is 0.345 e. The fourth-order valence-electron chi connectivity index (χ4n) is 1.57. The normalized spacial score (nSPS) is 9.84. The van der Waals surface area contributed by atoms with Gasteiger partial charge in [-0.3, -0.25) is 10.1 Å². The molecule has 0 radical (unpaired) electrons. The molecule has 1 aromatic carbocycles. The first-order valence-electron chi connectivity index (χ1n) is 5.52. The molecule has 0 N–H and O–H groups in total. The maximum atomic E-state index is 10.7. The Morgan fingerprint density at radius 2 is 2.16 bits per heavy atom. The van der Waals surface area contributed by atoms with Crippen molar-refractivity contribution in [3.63, 3.8) is 0 Å². The number of nitriles is 1. The van der Waals surface area contributed by atoms with Gasteiger partial charge in [-0.25, -0.2) is 4.98 Å². The first kappa shape index (κ1) is 13.0. The third-order valence-electron chi connectivity index (χ3n) is 2.41. The highest BCUT2D eigenvalue weighted by molar-refractivity contribution is 7.18. The van der Waals surface area contributed by atoms with Crippen LogP contribution in [-0.4, -0.2) is 16.5 Å². The average Bonchev–Trinajstić information content (AvgIpc) is 2.90. The predicted octanol–water partition coefficient (Wildman–Crippen LogP) is 3.10. The van der Waals surface area contributed by atoms with E-state index >= 15 is 0 Å². The minimum Gasteiger partial charge on any atom is -0.317 e. The van der Waals surface area contributed by atoms with E-state index in [9.17, 15) is 10.1 Å². The molecule has 0 atom stereocenters. The number of thiazole rings is 1. The molecule has 7 heteroatoms. The lowest BCUT2D eigenvalue weighted by Gasteiger charge is -2.20. The van der Waals surface area contributed by atoms with Gasteiger partial charge >= 0.3 is 5.00 Å². The molecule has 0 saturated heterocycles. The van der Waals surface area contributed by atoms with E-state index in [1.54, 1.807) is 4.90 Å². The van der Waals surface area contributed by atoms with Gasteiger partial charge in [-0.05, 0) is 23.5 Å². The van der Waals surface area contributed by atoms with Crippen molar-refractivity contribution < 1.29 is 4.92 Å². The van der Waals surface area contributed by atoms with Gasteiger partial charge in [0, 0.05) is 12.2 Å². The second kappa shape index (κ2) is 5.93. The summed E-state index contributed by atoms with van der Waals surface area (Å²) in [5, 5.41) is 19.9. The third-order valence-corrected chi connectivity index (χ3v) is 3.38. The Labute approximate surface area is 113 Å². The molecule has 0 aliphatic rings. The Bertz CT molecular complexity index is 606. The number of nitrogens with zero attached hydrogens (tertiary/aromatic N) is 4. The van der Waals surface area contributed by atoms with Crippen LogP contribution < -0.4 is 4.90 Å². The third kappa shape index (κ3) is 3.05. The maximum absolute atomic E-state index is 10.7. The monoisotopic (exact) mass is 274 g/mol. The highest BCUT2D eigenvalue weighted by Gasteiger charge is 2.17. The Hall–Kier alpha value is -2.46. The van der Waals surface area contributed by atoms with E-state index in [1.807, 2.05) is 30.3 Å². The Kier molecular flexibility index (Phi) is 4.05. The lowest BCUT2D eigenvalue weighted by Crippen LogP contribution is -2.17. The minimum absolute atomic E-state index is 0.00658. The lowest BCUT2D eigenvalue weighted by molar-refractivity contribution is -0.380. The van der Waals surface area contributed by atoms with Crippen LogP contribution in [0.15, 0.2) is 36.5 Å². The van der Waals surface area contributed by atoms with Gasteiger partial charge in [0.2, 0.25) is 0 Å². The summed E-state index contributed by atoms with van der Waals surface area (Å²) in [6, 6.07) is 11.5. The van der Waals surface area contributed by atoms with Crippen molar-refractivity contribution in [1.29, 1.82) is 5.26 Å². The molecule has 0 aliphatic carbocycles. The summed E-state index contributed by atoms with van der Waals surface area (Å²) in [5.74, 6) is 0. The Morgan fingerprint density at radius 1 is 1.42 bits per heavy atom. The molecule has 0 saturated carbocycles. The molecule has 0 unspecified atom stereocenters. The first-order chi connectivity index (χ1) is 9.22. The van der Waals surface area contributed by atoms with Gasteiger partial charge in [0.15, 0.2) is 5.13 Å². The summed E-state index contributed by atoms with van der Waals surface area (Å²) in [7, 11) is 0. The molecule has 2 rings (SSSR count). The molecule has 0 bridgehead atoms. The quantitative estimate of drug-likeness (QED) is 0.618. The van der Waals surface area contributed by atoms with E-state index < -0.39 is 4.92 Å². The van der Waals surface area contributed by atoms with Crippen molar-refractivity contribution in [2.75, 3.05) is 11.4 Å². The van der Waals surface area contributed by atoms with Gasteiger partial charge in [-0.2, -0.15) is 5.26 Å². The van der Waals surface area contributed by atoms with Gasteiger partial charge < -0.3 is 4.90 Å². The number of hydrogen-bond donors (Lipinski definition) is 0. The molecule has 0 aliphatic heterocycles. The number of benzene rings is 1. The van der Waals surface area contributed by atoms with Crippen LogP contribution in [0.3, 0.4) is 0 Å². The van der Waals surface area contributed by atoms with Crippen molar-refractivity contribution >= 4 is 27.2 Å². The van der Waals surface area contributed by atoms with E-state index in [1.165, 1.54) is 6.20 Å². The van der Waals surface area contributed by atoms with Crippen LogP contribution in [0.1, 0.15) is 6.42 Å². The van der Waals surface area contributed by atoms with E-state index in [-0.39, 0.29) is 5.00 Å². The number of hydrogen-bond acceptors (Lipinski definition) is 6. The molecular weight excluding hydrogens is 264 g/mol. The van der Waals surface area contributed by atoms with Crippen LogP contribution in [0.2, 0.25) is 0 Å². The van der Waals surface area contributed by atoms with E-state index in [2.05, 4.69) is 11.1 Å². The summed E-state index contributed by atoms with van der Waals surface area (Å²) in [5.41, 5.74) is 0.863. The minimum atomic E-state index is -0.464. The number of nitro groups is 1. The number of anilines is 2. The summed E-state index contributed by atoms with van der Waals surface area (Å²) < 4.78 is 0. The average molecular weight is 274 g/mol. The SMILES string of the molecule is N#CCCN(c1ccccc1)c1ncc([N+](=O)[O-])s1. The van der Waals surface area contributed by atoms with E-state index in [4.69, 9.17) is 5.26 Å². The van der Waals surface area contributed by atoms with Gasteiger partial charge in [-0.15, -0.1) is 0 Å². The second-order valence-corrected chi connectivity index (χ2v) is 4.62. The van der Waals surface area contributed by atoms with Gasteiger partial charge in [-0.1, -0.05) is 18.2 Å². The predicted molar refractivity (Wildman–Crippen MR) is 72.4 cm³/mol. The molecule has 6 nitrogen and oxygen atoms in total. The fourth-order valence-corrected chi connectivity index (χ4v) is 2.35. The van der Waals surface area contributed by atoms with E-state index in [0.29, 0.717) is 18.1 Å². The molecule has 2 aromatic rings. The number of para-hydroxylation sites is 1. The molecule has 1 aromatic heterocycles. The summed E-state index contributed by atoms with van der Waals surface area (Å²) in [6.07, 6.45) is 1.56. The molecule has 96 valence electrons. The summed E-state index contributed by atoms with van der Waals surface area (Å²) >= 11 is 1.00. The zero-order chi connectivity index (χ0) is 13.7. The largest absolute Gasteiger partial charge is 0.345 e. The van der Waals surface area contributed by atoms with Crippen LogP contribution in [0.5, 0.6) is 0 Å². The molecule has 19 heavy (non-hydrogen) atoms. The first-order valence-corrected chi connectivity index (χ1v) is 6.34. The molecule has 0 fully saturated rings. The summed E-state index contributed by atoms with van der Waals surface area (Å²) in [6.45, 7) is 0.450. The second-order valence-electron chi connectivity index (χ2n) is 3.63. The zero-order valence-electron chi connectivity index (χ0n) is 9.89. The van der Waals surface area contributed by atoms with Gasteiger partial charge in [0.25, 0.3) is 0 Å². The van der Waals surface area contributed by atoms with Crippen LogP contribution in [-0.2, 0) is 0 Å². The molecule has 0 amide bonds. The van der Waals surface area contributed by atoms with Gasteiger partial charge in [0.05, 0.1) is 17.4 Å². The van der Waals surface area contributed by atoms with Crippen LogP contribution in [0, 0.1) is 21.4 Å². The zero-order valence-corrected chi connectivity index (χ0v) is 10.7. The smallest absolute Gasteiger partial charge is 0.317 e. The van der Waals surface area contributed by atoms with Crippen LogP contribution >= 0.6 is 11.3 Å². The van der Waals surface area contributed by atoms with Crippen molar-refractivity contribution in [2.24, 2.45) is 0 Å². The van der Waals surface area contributed by atoms with Crippen molar-refractivity contribution in [3.05, 3.63) is 46.6 Å². The standard InChI is InChI=1S/C12H10N4O2S/c13-7-4-8-15(10-5-2-1-3-6-10)12-14-9-11(19-12)16(17)18/h1-3,5-6,9H,4,8H2. The molecule has 0 spiro atoms. The van der Waals surface area contributed by atoms with Crippen LogP contribution in [0.4, 0.5) is 15.8 Å². The highest BCUT2D eigenvalue weighted by Crippen LogP contribution is 2.32. The van der Waals surface area contributed by atoms with E-state index in [0.717, 1.165) is 17.0 Å². The van der Waals surface area contributed by atoms with Crippen molar-refractivity contribution in [3.8, 4) is 6.07 Å². The topological polar surface area (TPSA) is 83.1 Å². The molecule has 1 heterocycles. The Balaban J connectivity index is 2.32. The fraction of sp³-hybridized carbons (Fsp3) is 0.167. The van der Waals surface area contributed by atoms with Crippen LogP contribution in [0.25, 0.3) is 0 Å². The number of aromatic nitrogens is 1. The van der Waals surface area contributed by atoms with Gasteiger partial charge in [0.1, 0.15) is 6.20 Å². The highest BCUT2D eigenvalue weighted by atomic mass is 32.1. The Morgan fingerprint density at radius 3 is 2.74 bits per heavy atom. The number of rotatable bonds is 5. The van der Waals surface area contributed by atoms with Crippen molar-refractivity contribution in [1.82, 2.24) is 4.98 Å². The lowest BCUT2D eigenvalue weighted by atomic mass is 10.3.